The van der Waals surface area contributed by atoms with Gasteiger partial charge in [0.15, 0.2) is 0 Å². The van der Waals surface area contributed by atoms with Crippen LogP contribution in [-0.2, 0) is 0 Å². The topological polar surface area (TPSA) is 21.3 Å². The quantitative estimate of drug-likeness (QED) is 0.163. The van der Waals surface area contributed by atoms with Gasteiger partial charge < -0.3 is 13.9 Å². The minimum Gasteiger partial charge on any atom is -0.455 e. The molecule has 0 atom stereocenters. The number of benzene rings is 9. The SMILES string of the molecule is c1ccc(-c2ccc(-c3ccc(N(c4cccc(-n5c6ccccc6c6ccccc65)c4)c4ccc(-c5ccccc5)c5oc6ccccc6c45)cc3)cc2)cc1. The molecule has 268 valence electrons. The Morgan fingerprint density at radius 1 is 0.368 bits per heavy atom. The molecule has 3 nitrogen and oxygen atoms in total. The molecule has 2 heterocycles. The predicted octanol–water partition coefficient (Wildman–Crippen LogP) is 15.2. The van der Waals surface area contributed by atoms with Gasteiger partial charge in [0.25, 0.3) is 0 Å². The molecule has 0 aliphatic carbocycles. The van der Waals surface area contributed by atoms with Gasteiger partial charge in [-0.2, -0.15) is 0 Å². The van der Waals surface area contributed by atoms with Gasteiger partial charge >= 0.3 is 0 Å². The lowest BCUT2D eigenvalue weighted by atomic mass is 9.99. The standard InChI is InChI=1S/C54H36N2O/c1-3-14-37(15-4-1)38-26-28-39(29-27-38)40-30-32-42(33-31-40)55(43-18-13-19-44(36-43)56-49-23-10-7-20-46(49)47-21-8-11-24-50(47)56)51-35-34-45(41-16-5-2-6-17-41)54-53(51)48-22-9-12-25-52(48)57-54/h1-36H. The minimum atomic E-state index is 0.866. The molecule has 3 heteroatoms. The summed E-state index contributed by atoms with van der Waals surface area (Å²) in [7, 11) is 0. The van der Waals surface area contributed by atoms with Gasteiger partial charge in [0.2, 0.25) is 0 Å². The fraction of sp³-hybridized carbons (Fsp3) is 0. The van der Waals surface area contributed by atoms with Crippen molar-refractivity contribution < 1.29 is 4.42 Å². The van der Waals surface area contributed by atoms with E-state index >= 15 is 0 Å². The average molecular weight is 729 g/mol. The van der Waals surface area contributed by atoms with E-state index in [4.69, 9.17) is 4.42 Å². The Morgan fingerprint density at radius 3 is 1.54 bits per heavy atom. The van der Waals surface area contributed by atoms with E-state index < -0.39 is 0 Å². The van der Waals surface area contributed by atoms with Crippen molar-refractivity contribution in [1.29, 1.82) is 0 Å². The third-order valence-electron chi connectivity index (χ3n) is 11.2. The molecule has 57 heavy (non-hydrogen) atoms. The van der Waals surface area contributed by atoms with Gasteiger partial charge in [0.05, 0.1) is 22.1 Å². The Kier molecular flexibility index (Phi) is 7.82. The number of para-hydroxylation sites is 3. The van der Waals surface area contributed by atoms with E-state index in [0.717, 1.165) is 61.4 Å². The number of nitrogens with zero attached hydrogens (tertiary/aromatic N) is 2. The highest BCUT2D eigenvalue weighted by Crippen LogP contribution is 2.47. The van der Waals surface area contributed by atoms with Crippen LogP contribution in [0.3, 0.4) is 0 Å². The van der Waals surface area contributed by atoms with Crippen LogP contribution in [0.1, 0.15) is 0 Å². The van der Waals surface area contributed by atoms with Crippen LogP contribution in [0.15, 0.2) is 223 Å². The lowest BCUT2D eigenvalue weighted by molar-refractivity contribution is 0.670. The van der Waals surface area contributed by atoms with Gasteiger partial charge in [-0.15, -0.1) is 0 Å². The van der Waals surface area contributed by atoms with Gasteiger partial charge in [0.1, 0.15) is 11.2 Å². The Morgan fingerprint density at radius 2 is 0.895 bits per heavy atom. The first-order chi connectivity index (χ1) is 28.3. The second kappa shape index (κ2) is 13.6. The molecule has 0 amide bonds. The van der Waals surface area contributed by atoms with Crippen LogP contribution in [0, 0.1) is 0 Å². The molecule has 0 unspecified atom stereocenters. The number of hydrogen-bond donors (Lipinski definition) is 0. The first-order valence-corrected chi connectivity index (χ1v) is 19.4. The number of fused-ring (bicyclic) bond motifs is 6. The summed E-state index contributed by atoms with van der Waals surface area (Å²) < 4.78 is 9.15. The van der Waals surface area contributed by atoms with Gasteiger partial charge in [-0.3, -0.25) is 0 Å². The molecule has 0 N–H and O–H groups in total. The first kappa shape index (κ1) is 32.8. The van der Waals surface area contributed by atoms with Crippen molar-refractivity contribution in [2.24, 2.45) is 0 Å². The number of hydrogen-bond acceptors (Lipinski definition) is 2. The van der Waals surface area contributed by atoms with E-state index in [1.165, 1.54) is 38.5 Å². The lowest BCUT2D eigenvalue weighted by Crippen LogP contribution is -2.11. The highest BCUT2D eigenvalue weighted by atomic mass is 16.3. The maximum absolute atomic E-state index is 6.77. The third-order valence-corrected chi connectivity index (χ3v) is 11.2. The second-order valence-electron chi connectivity index (χ2n) is 14.5. The molecule has 0 radical (unpaired) electrons. The Bertz CT molecular complexity index is 3160. The van der Waals surface area contributed by atoms with E-state index in [1.807, 2.05) is 6.07 Å². The molecule has 9 aromatic carbocycles. The summed E-state index contributed by atoms with van der Waals surface area (Å²) in [5.74, 6) is 0. The smallest absolute Gasteiger partial charge is 0.145 e. The highest BCUT2D eigenvalue weighted by molar-refractivity contribution is 6.17. The van der Waals surface area contributed by atoms with Crippen molar-refractivity contribution in [3.63, 3.8) is 0 Å². The van der Waals surface area contributed by atoms with Crippen LogP contribution in [0.25, 0.3) is 82.8 Å². The zero-order chi connectivity index (χ0) is 37.7. The lowest BCUT2D eigenvalue weighted by Gasteiger charge is -2.27. The maximum atomic E-state index is 6.77. The van der Waals surface area contributed by atoms with Gasteiger partial charge in [0, 0.05) is 38.8 Å². The average Bonchev–Trinajstić information content (AvgIpc) is 3.84. The zero-order valence-corrected chi connectivity index (χ0v) is 31.1. The molecular weight excluding hydrogens is 693 g/mol. The monoisotopic (exact) mass is 728 g/mol. The Balaban J connectivity index is 1.11. The molecule has 11 rings (SSSR count). The fourth-order valence-corrected chi connectivity index (χ4v) is 8.53. The first-order valence-electron chi connectivity index (χ1n) is 19.4. The molecular formula is C54H36N2O. The fourth-order valence-electron chi connectivity index (χ4n) is 8.53. The predicted molar refractivity (Wildman–Crippen MR) is 239 cm³/mol. The maximum Gasteiger partial charge on any atom is 0.145 e. The van der Waals surface area contributed by atoms with Crippen LogP contribution in [-0.4, -0.2) is 4.57 Å². The summed E-state index contributed by atoms with van der Waals surface area (Å²) >= 11 is 0. The number of furan rings is 1. The van der Waals surface area contributed by atoms with Crippen molar-refractivity contribution in [2.75, 3.05) is 4.90 Å². The van der Waals surface area contributed by atoms with E-state index in [0.29, 0.717) is 0 Å². The molecule has 0 saturated heterocycles. The van der Waals surface area contributed by atoms with Gasteiger partial charge in [-0.05, 0) is 88.5 Å². The molecule has 11 aromatic rings. The number of anilines is 3. The zero-order valence-electron chi connectivity index (χ0n) is 31.1. The van der Waals surface area contributed by atoms with E-state index in [2.05, 4.69) is 222 Å². The van der Waals surface area contributed by atoms with Crippen molar-refractivity contribution in [3.8, 4) is 39.1 Å². The highest BCUT2D eigenvalue weighted by Gasteiger charge is 2.23. The second-order valence-corrected chi connectivity index (χ2v) is 14.5. The summed E-state index contributed by atoms with van der Waals surface area (Å²) in [6.07, 6.45) is 0. The van der Waals surface area contributed by atoms with Crippen molar-refractivity contribution in [3.05, 3.63) is 218 Å². The van der Waals surface area contributed by atoms with Crippen LogP contribution in [0.5, 0.6) is 0 Å². The molecule has 0 spiro atoms. The van der Waals surface area contributed by atoms with Crippen molar-refractivity contribution in [2.45, 2.75) is 0 Å². The van der Waals surface area contributed by atoms with Crippen LogP contribution in [0.2, 0.25) is 0 Å². The Labute approximate surface area is 330 Å². The van der Waals surface area contributed by atoms with Crippen LogP contribution in [0.4, 0.5) is 17.1 Å². The summed E-state index contributed by atoms with van der Waals surface area (Å²) in [4.78, 5) is 2.39. The van der Waals surface area contributed by atoms with Crippen molar-refractivity contribution in [1.82, 2.24) is 4.57 Å². The van der Waals surface area contributed by atoms with Gasteiger partial charge in [-0.1, -0.05) is 158 Å². The molecule has 0 fully saturated rings. The summed E-state index contributed by atoms with van der Waals surface area (Å²) in [6.45, 7) is 0. The number of rotatable bonds is 7. The van der Waals surface area contributed by atoms with E-state index in [9.17, 15) is 0 Å². The molecule has 0 aliphatic heterocycles. The number of aromatic nitrogens is 1. The van der Waals surface area contributed by atoms with Gasteiger partial charge in [-0.25, -0.2) is 0 Å². The summed E-state index contributed by atoms with van der Waals surface area (Å²) in [6, 6.07) is 78.0. The van der Waals surface area contributed by atoms with Crippen molar-refractivity contribution >= 4 is 60.8 Å². The molecule has 0 bridgehead atoms. The van der Waals surface area contributed by atoms with E-state index in [1.54, 1.807) is 0 Å². The molecule has 0 saturated carbocycles. The summed E-state index contributed by atoms with van der Waals surface area (Å²) in [5.41, 5.74) is 15.3. The molecule has 0 aliphatic rings. The van der Waals surface area contributed by atoms with Crippen LogP contribution < -0.4 is 4.90 Å². The normalized spacial score (nSPS) is 11.5. The van der Waals surface area contributed by atoms with E-state index in [-0.39, 0.29) is 0 Å². The Hall–Kier alpha value is -7.62. The minimum absolute atomic E-state index is 0.866. The molecule has 2 aromatic heterocycles. The third kappa shape index (κ3) is 5.60. The largest absolute Gasteiger partial charge is 0.455 e. The van der Waals surface area contributed by atoms with Crippen LogP contribution >= 0.6 is 0 Å². The summed E-state index contributed by atoms with van der Waals surface area (Å²) in [5, 5.41) is 4.64.